The third kappa shape index (κ3) is 2.90. The molecule has 0 amide bonds. The van der Waals surface area contributed by atoms with Crippen molar-refractivity contribution in [2.75, 3.05) is 14.2 Å². The van der Waals surface area contributed by atoms with E-state index in [1.54, 1.807) is 18.4 Å². The molecular formula is C10H13NO4. The number of carbonyl (C=O) groups is 2. The number of hydrogen-bond acceptors (Lipinski definition) is 5. The fourth-order valence-corrected chi connectivity index (χ4v) is 1.36. The summed E-state index contributed by atoms with van der Waals surface area (Å²) in [6.45, 7) is 0. The number of aliphatic imine (C=N–C) groups is 1. The first-order chi connectivity index (χ1) is 7.19. The van der Waals surface area contributed by atoms with Gasteiger partial charge in [-0.1, -0.05) is 6.08 Å². The van der Waals surface area contributed by atoms with Crippen molar-refractivity contribution in [2.45, 2.75) is 12.5 Å². The van der Waals surface area contributed by atoms with E-state index in [9.17, 15) is 9.59 Å². The largest absolute Gasteiger partial charge is 0.469 e. The lowest BCUT2D eigenvalue weighted by Crippen LogP contribution is -2.29. The number of carbonyl (C=O) groups excluding carboxylic acids is 2. The molecule has 0 fully saturated rings. The Morgan fingerprint density at radius 1 is 1.40 bits per heavy atom. The van der Waals surface area contributed by atoms with Crippen LogP contribution < -0.4 is 0 Å². The fraction of sp³-hybridized carbons (Fsp3) is 0.500. The molecule has 0 saturated heterocycles. The van der Waals surface area contributed by atoms with E-state index in [4.69, 9.17) is 0 Å². The minimum atomic E-state index is -0.600. The highest BCUT2D eigenvalue weighted by Gasteiger charge is 2.30. The molecule has 1 aliphatic heterocycles. The normalized spacial score (nSPS) is 20.0. The standard InChI is InChI=1S/C10H13NO4/c1-14-9(12)6-7(10(13)15-2)8-4-3-5-11-8/h3-5,7-8H,6H2,1-2H3/t7?,8-/m1/s1. The Labute approximate surface area is 87.8 Å². The molecule has 5 nitrogen and oxygen atoms in total. The van der Waals surface area contributed by atoms with E-state index in [0.29, 0.717) is 0 Å². The average Bonchev–Trinajstić information content (AvgIpc) is 2.77. The van der Waals surface area contributed by atoms with E-state index in [0.717, 1.165) is 0 Å². The van der Waals surface area contributed by atoms with Crippen LogP contribution in [0.2, 0.25) is 0 Å². The summed E-state index contributed by atoms with van der Waals surface area (Å²) in [7, 11) is 2.57. The Balaban J connectivity index is 2.69. The number of rotatable bonds is 4. The summed E-state index contributed by atoms with van der Waals surface area (Å²) < 4.78 is 9.13. The third-order valence-electron chi connectivity index (χ3n) is 2.18. The van der Waals surface area contributed by atoms with Gasteiger partial charge in [0.15, 0.2) is 0 Å². The molecule has 0 N–H and O–H groups in total. The van der Waals surface area contributed by atoms with Gasteiger partial charge in [-0.05, 0) is 6.08 Å². The molecule has 0 saturated carbocycles. The highest BCUT2D eigenvalue weighted by molar-refractivity contribution is 5.82. The molecule has 0 aromatic rings. The van der Waals surface area contributed by atoms with Gasteiger partial charge < -0.3 is 9.47 Å². The highest BCUT2D eigenvalue weighted by atomic mass is 16.5. The predicted molar refractivity (Wildman–Crippen MR) is 53.6 cm³/mol. The topological polar surface area (TPSA) is 65.0 Å². The van der Waals surface area contributed by atoms with Gasteiger partial charge in [0.1, 0.15) is 0 Å². The lowest BCUT2D eigenvalue weighted by Gasteiger charge is -2.16. The number of nitrogens with zero attached hydrogens (tertiary/aromatic N) is 1. The third-order valence-corrected chi connectivity index (χ3v) is 2.18. The first-order valence-corrected chi connectivity index (χ1v) is 4.53. The van der Waals surface area contributed by atoms with Crippen LogP contribution in [-0.4, -0.2) is 38.4 Å². The molecule has 0 radical (unpaired) electrons. The monoisotopic (exact) mass is 211 g/mol. The van der Waals surface area contributed by atoms with Crippen molar-refractivity contribution in [3.05, 3.63) is 12.2 Å². The Hall–Kier alpha value is -1.65. The van der Waals surface area contributed by atoms with E-state index in [2.05, 4.69) is 14.5 Å². The van der Waals surface area contributed by atoms with Crippen LogP contribution in [0.15, 0.2) is 17.1 Å². The van der Waals surface area contributed by atoms with Gasteiger partial charge in [0.25, 0.3) is 0 Å². The Morgan fingerprint density at radius 2 is 2.13 bits per heavy atom. The number of hydrogen-bond donors (Lipinski definition) is 0. The summed E-state index contributed by atoms with van der Waals surface area (Å²) in [5.41, 5.74) is 0. The SMILES string of the molecule is COC(=O)CC(C(=O)OC)[C@H]1C=CC=N1. The van der Waals surface area contributed by atoms with Crippen LogP contribution in [0.25, 0.3) is 0 Å². The Kier molecular flexibility index (Phi) is 4.03. The van der Waals surface area contributed by atoms with Crippen LogP contribution in [-0.2, 0) is 19.1 Å². The molecule has 2 atom stereocenters. The summed E-state index contributed by atoms with van der Waals surface area (Å²) in [6.07, 6.45) is 5.07. The number of methoxy groups -OCH3 is 2. The molecule has 5 heteroatoms. The first-order valence-electron chi connectivity index (χ1n) is 4.53. The zero-order valence-electron chi connectivity index (χ0n) is 8.67. The molecular weight excluding hydrogens is 198 g/mol. The molecule has 1 rings (SSSR count). The van der Waals surface area contributed by atoms with Crippen molar-refractivity contribution in [2.24, 2.45) is 10.9 Å². The van der Waals surface area contributed by atoms with Gasteiger partial charge in [-0.2, -0.15) is 0 Å². The summed E-state index contributed by atoms with van der Waals surface area (Å²) >= 11 is 0. The first kappa shape index (κ1) is 11.4. The molecule has 0 aliphatic carbocycles. The zero-order chi connectivity index (χ0) is 11.3. The van der Waals surface area contributed by atoms with E-state index >= 15 is 0 Å². The van der Waals surface area contributed by atoms with Crippen LogP contribution >= 0.6 is 0 Å². The van der Waals surface area contributed by atoms with Gasteiger partial charge in [0.2, 0.25) is 0 Å². The van der Waals surface area contributed by atoms with E-state index in [-0.39, 0.29) is 12.5 Å². The quantitative estimate of drug-likeness (QED) is 0.629. The maximum atomic E-state index is 11.4. The van der Waals surface area contributed by atoms with Gasteiger partial charge in [-0.3, -0.25) is 14.6 Å². The minimum absolute atomic E-state index is 0.0183. The lowest BCUT2D eigenvalue weighted by atomic mass is 9.97. The number of esters is 2. The number of ether oxygens (including phenoxy) is 2. The van der Waals surface area contributed by atoms with E-state index in [1.165, 1.54) is 14.2 Å². The fourth-order valence-electron chi connectivity index (χ4n) is 1.36. The van der Waals surface area contributed by atoms with Crippen LogP contribution in [0.3, 0.4) is 0 Å². The second-order valence-corrected chi connectivity index (χ2v) is 3.08. The van der Waals surface area contributed by atoms with E-state index in [1.807, 2.05) is 0 Å². The second-order valence-electron chi connectivity index (χ2n) is 3.08. The summed E-state index contributed by atoms with van der Waals surface area (Å²) in [5, 5.41) is 0. The molecule has 0 spiro atoms. The Bertz CT molecular complexity index is 297. The smallest absolute Gasteiger partial charge is 0.311 e. The van der Waals surface area contributed by atoms with Crippen LogP contribution in [0, 0.1) is 5.92 Å². The van der Waals surface area contributed by atoms with Crippen molar-refractivity contribution in [3.63, 3.8) is 0 Å². The van der Waals surface area contributed by atoms with Crippen LogP contribution in [0.4, 0.5) is 0 Å². The van der Waals surface area contributed by atoms with Crippen molar-refractivity contribution in [1.29, 1.82) is 0 Å². The van der Waals surface area contributed by atoms with Crippen molar-refractivity contribution >= 4 is 18.2 Å². The second kappa shape index (κ2) is 5.29. The molecule has 0 aromatic carbocycles. The van der Waals surface area contributed by atoms with Gasteiger partial charge >= 0.3 is 11.9 Å². The molecule has 0 bridgehead atoms. The molecule has 1 heterocycles. The molecule has 0 aromatic heterocycles. The minimum Gasteiger partial charge on any atom is -0.469 e. The lowest BCUT2D eigenvalue weighted by molar-refractivity contribution is -0.152. The van der Waals surface area contributed by atoms with Crippen molar-refractivity contribution in [3.8, 4) is 0 Å². The average molecular weight is 211 g/mol. The highest BCUT2D eigenvalue weighted by Crippen LogP contribution is 2.18. The van der Waals surface area contributed by atoms with Crippen LogP contribution in [0.5, 0.6) is 0 Å². The predicted octanol–water partition coefficient (Wildman–Crippen LogP) is 0.348. The van der Waals surface area contributed by atoms with E-state index < -0.39 is 17.9 Å². The maximum Gasteiger partial charge on any atom is 0.311 e. The van der Waals surface area contributed by atoms with Crippen LogP contribution in [0.1, 0.15) is 6.42 Å². The molecule has 82 valence electrons. The zero-order valence-corrected chi connectivity index (χ0v) is 8.67. The molecule has 15 heavy (non-hydrogen) atoms. The summed E-state index contributed by atoms with van der Waals surface area (Å²) in [4.78, 5) is 26.6. The molecule has 1 aliphatic rings. The van der Waals surface area contributed by atoms with Gasteiger partial charge in [-0.25, -0.2) is 0 Å². The van der Waals surface area contributed by atoms with Gasteiger partial charge in [0.05, 0.1) is 32.6 Å². The Morgan fingerprint density at radius 3 is 2.60 bits per heavy atom. The van der Waals surface area contributed by atoms with Gasteiger partial charge in [-0.15, -0.1) is 0 Å². The number of allylic oxidation sites excluding steroid dienone is 1. The molecule has 1 unspecified atom stereocenters. The van der Waals surface area contributed by atoms with Crippen molar-refractivity contribution < 1.29 is 19.1 Å². The summed E-state index contributed by atoms with van der Waals surface area (Å²) in [6, 6.07) is -0.323. The van der Waals surface area contributed by atoms with Crippen molar-refractivity contribution in [1.82, 2.24) is 0 Å². The van der Waals surface area contributed by atoms with Gasteiger partial charge in [0, 0.05) is 6.21 Å². The maximum absolute atomic E-state index is 11.4. The summed E-state index contributed by atoms with van der Waals surface area (Å²) in [5.74, 6) is -1.49.